The van der Waals surface area contributed by atoms with Gasteiger partial charge < -0.3 is 20.0 Å². The maximum atomic E-state index is 11.8. The highest BCUT2D eigenvalue weighted by atomic mass is 16.5. The summed E-state index contributed by atoms with van der Waals surface area (Å²) in [5, 5.41) is 10.6. The number of benzene rings is 1. The van der Waals surface area contributed by atoms with Crippen molar-refractivity contribution >= 4 is 22.6 Å². The van der Waals surface area contributed by atoms with Crippen LogP contribution in [-0.2, 0) is 4.74 Å². The number of aromatic hydroxyl groups is 1. The first-order valence-corrected chi connectivity index (χ1v) is 6.07. The van der Waals surface area contributed by atoms with Crippen LogP contribution in [0.1, 0.15) is 34.2 Å². The summed E-state index contributed by atoms with van der Waals surface area (Å²) in [6, 6.07) is 0. The Morgan fingerprint density at radius 3 is 2.47 bits per heavy atom. The zero-order valence-electron chi connectivity index (χ0n) is 11.5. The highest BCUT2D eigenvalue weighted by Crippen LogP contribution is 2.40. The first-order chi connectivity index (χ1) is 8.90. The molecule has 19 heavy (non-hydrogen) atoms. The fourth-order valence-corrected chi connectivity index (χ4v) is 2.18. The number of rotatable bonds is 2. The molecule has 1 heterocycles. The minimum Gasteiger partial charge on any atom is -0.507 e. The Bertz CT molecular complexity index is 670. The molecule has 0 unspecified atom stereocenters. The molecule has 1 aromatic heterocycles. The molecule has 1 aromatic carbocycles. The number of anilines is 1. The van der Waals surface area contributed by atoms with Gasteiger partial charge in [-0.2, -0.15) is 0 Å². The van der Waals surface area contributed by atoms with Crippen LogP contribution in [0.5, 0.6) is 5.75 Å². The summed E-state index contributed by atoms with van der Waals surface area (Å²) in [4.78, 5) is 11.8. The van der Waals surface area contributed by atoms with Gasteiger partial charge in [0.05, 0.1) is 17.7 Å². The lowest BCUT2D eigenvalue weighted by atomic mass is 10.00. The molecule has 0 spiro atoms. The second-order valence-electron chi connectivity index (χ2n) is 4.49. The fraction of sp³-hybridized carbons (Fsp3) is 0.357. The Kier molecular flexibility index (Phi) is 3.14. The summed E-state index contributed by atoms with van der Waals surface area (Å²) >= 11 is 0. The van der Waals surface area contributed by atoms with E-state index < -0.39 is 5.97 Å². The quantitative estimate of drug-likeness (QED) is 0.814. The molecule has 5 nitrogen and oxygen atoms in total. The van der Waals surface area contributed by atoms with Crippen molar-refractivity contribution in [1.29, 1.82) is 0 Å². The summed E-state index contributed by atoms with van der Waals surface area (Å²) in [7, 11) is 0. The smallest absolute Gasteiger partial charge is 0.376 e. The first-order valence-electron chi connectivity index (χ1n) is 6.07. The number of fused-ring (bicyclic) bond motifs is 1. The molecule has 3 N–H and O–H groups in total. The second kappa shape index (κ2) is 4.50. The minimum absolute atomic E-state index is 0.00644. The third-order valence-electron chi connectivity index (χ3n) is 3.39. The highest BCUT2D eigenvalue weighted by molar-refractivity contribution is 6.06. The largest absolute Gasteiger partial charge is 0.507 e. The number of carbonyl (C=O) groups is 1. The first kappa shape index (κ1) is 13.3. The number of furan rings is 1. The zero-order chi connectivity index (χ0) is 14.3. The Hall–Kier alpha value is -2.17. The van der Waals surface area contributed by atoms with Crippen molar-refractivity contribution in [3.63, 3.8) is 0 Å². The third kappa shape index (κ3) is 1.82. The zero-order valence-corrected chi connectivity index (χ0v) is 11.5. The van der Waals surface area contributed by atoms with Crippen LogP contribution >= 0.6 is 0 Å². The van der Waals surface area contributed by atoms with Crippen molar-refractivity contribution in [2.45, 2.75) is 27.7 Å². The van der Waals surface area contributed by atoms with E-state index in [1.807, 2.05) is 6.92 Å². The van der Waals surface area contributed by atoms with Gasteiger partial charge in [0, 0.05) is 5.56 Å². The lowest BCUT2D eigenvalue weighted by Crippen LogP contribution is -2.05. The SMILES string of the molecule is CCOC(=O)c1oc2c(C)c(C)c(O)c(C)c2c1N. The Morgan fingerprint density at radius 2 is 1.89 bits per heavy atom. The Labute approximate surface area is 111 Å². The predicted octanol–water partition coefficient (Wildman–Crippen LogP) is 2.82. The van der Waals surface area contributed by atoms with Crippen LogP contribution in [0.25, 0.3) is 11.0 Å². The number of nitrogens with two attached hydrogens (primary N) is 1. The van der Waals surface area contributed by atoms with Crippen molar-refractivity contribution in [1.82, 2.24) is 0 Å². The van der Waals surface area contributed by atoms with E-state index in [1.54, 1.807) is 20.8 Å². The van der Waals surface area contributed by atoms with E-state index >= 15 is 0 Å². The Balaban J connectivity index is 2.81. The van der Waals surface area contributed by atoms with E-state index in [0.717, 1.165) is 5.56 Å². The van der Waals surface area contributed by atoms with Crippen molar-refractivity contribution < 1.29 is 19.1 Å². The molecule has 0 aliphatic carbocycles. The molecule has 0 saturated heterocycles. The van der Waals surface area contributed by atoms with Gasteiger partial charge in [-0.3, -0.25) is 0 Å². The van der Waals surface area contributed by atoms with Gasteiger partial charge in [0.1, 0.15) is 11.3 Å². The standard InChI is InChI=1S/C14H17NO4/c1-5-18-14(17)13-10(15)9-8(4)11(16)6(2)7(3)12(9)19-13/h16H,5,15H2,1-4H3. The van der Waals surface area contributed by atoms with Crippen molar-refractivity contribution in [2.75, 3.05) is 12.3 Å². The number of ether oxygens (including phenoxy) is 1. The van der Waals surface area contributed by atoms with Gasteiger partial charge in [-0.25, -0.2) is 4.79 Å². The monoisotopic (exact) mass is 263 g/mol. The maximum absolute atomic E-state index is 11.8. The van der Waals surface area contributed by atoms with E-state index in [1.165, 1.54) is 0 Å². The number of phenolic OH excluding ortho intramolecular Hbond substituents is 1. The molecule has 0 atom stereocenters. The number of hydrogen-bond donors (Lipinski definition) is 2. The molecular formula is C14H17NO4. The number of hydrogen-bond acceptors (Lipinski definition) is 5. The summed E-state index contributed by atoms with van der Waals surface area (Å²) in [5.74, 6) is -0.423. The highest BCUT2D eigenvalue weighted by Gasteiger charge is 2.24. The van der Waals surface area contributed by atoms with E-state index in [2.05, 4.69) is 0 Å². The van der Waals surface area contributed by atoms with Gasteiger partial charge >= 0.3 is 5.97 Å². The molecule has 102 valence electrons. The normalized spacial score (nSPS) is 10.9. The van der Waals surface area contributed by atoms with Crippen LogP contribution in [0.3, 0.4) is 0 Å². The number of carbonyl (C=O) groups excluding carboxylic acids is 1. The van der Waals surface area contributed by atoms with Crippen LogP contribution in [0, 0.1) is 20.8 Å². The second-order valence-corrected chi connectivity index (χ2v) is 4.49. The number of aryl methyl sites for hydroxylation is 2. The van der Waals surface area contributed by atoms with Gasteiger partial charge in [0.25, 0.3) is 0 Å². The molecule has 2 rings (SSSR count). The number of phenols is 1. The third-order valence-corrected chi connectivity index (χ3v) is 3.39. The van der Waals surface area contributed by atoms with E-state index in [4.69, 9.17) is 14.9 Å². The summed E-state index contributed by atoms with van der Waals surface area (Å²) in [5.41, 5.74) is 8.77. The fourth-order valence-electron chi connectivity index (χ4n) is 2.18. The minimum atomic E-state index is -0.591. The van der Waals surface area contributed by atoms with Crippen LogP contribution in [0.4, 0.5) is 5.69 Å². The van der Waals surface area contributed by atoms with E-state index in [9.17, 15) is 9.90 Å². The van der Waals surface area contributed by atoms with Gasteiger partial charge in [-0.05, 0) is 38.8 Å². The molecule has 0 radical (unpaired) electrons. The number of esters is 1. The average Bonchev–Trinajstić information content (AvgIpc) is 2.72. The average molecular weight is 263 g/mol. The van der Waals surface area contributed by atoms with Crippen LogP contribution < -0.4 is 5.73 Å². The molecule has 0 aliphatic rings. The molecule has 0 saturated carbocycles. The van der Waals surface area contributed by atoms with Gasteiger partial charge in [0.15, 0.2) is 0 Å². The van der Waals surface area contributed by atoms with Crippen LogP contribution in [-0.4, -0.2) is 17.7 Å². The maximum Gasteiger partial charge on any atom is 0.376 e. The van der Waals surface area contributed by atoms with E-state index in [-0.39, 0.29) is 23.8 Å². The topological polar surface area (TPSA) is 85.7 Å². The van der Waals surface area contributed by atoms with Crippen LogP contribution in [0.2, 0.25) is 0 Å². The molecule has 0 aliphatic heterocycles. The van der Waals surface area contributed by atoms with Gasteiger partial charge in [-0.15, -0.1) is 0 Å². The van der Waals surface area contributed by atoms with Crippen molar-refractivity contribution in [3.05, 3.63) is 22.5 Å². The van der Waals surface area contributed by atoms with Crippen molar-refractivity contribution in [3.8, 4) is 5.75 Å². The predicted molar refractivity (Wildman–Crippen MR) is 72.5 cm³/mol. The Morgan fingerprint density at radius 1 is 1.26 bits per heavy atom. The summed E-state index contributed by atoms with van der Waals surface area (Å²) in [6.07, 6.45) is 0. The van der Waals surface area contributed by atoms with Crippen molar-refractivity contribution in [2.24, 2.45) is 0 Å². The van der Waals surface area contributed by atoms with E-state index in [0.29, 0.717) is 22.1 Å². The van der Waals surface area contributed by atoms with Crippen LogP contribution in [0.15, 0.2) is 4.42 Å². The molecule has 2 aromatic rings. The van der Waals surface area contributed by atoms with Gasteiger partial charge in [-0.1, -0.05) is 0 Å². The molecule has 0 fully saturated rings. The molecule has 5 heteroatoms. The van der Waals surface area contributed by atoms with Gasteiger partial charge in [0.2, 0.25) is 5.76 Å². The molecule has 0 amide bonds. The summed E-state index contributed by atoms with van der Waals surface area (Å²) in [6.45, 7) is 7.31. The lowest BCUT2D eigenvalue weighted by Gasteiger charge is -2.08. The lowest BCUT2D eigenvalue weighted by molar-refractivity contribution is 0.0494. The molecule has 0 bridgehead atoms. The number of nitrogen functional groups attached to an aromatic ring is 1. The molecular weight excluding hydrogens is 246 g/mol. The summed E-state index contributed by atoms with van der Waals surface area (Å²) < 4.78 is 10.5.